The molecule has 0 aliphatic heterocycles. The molecule has 1 aromatic rings. The minimum atomic E-state index is -0.945. The Bertz CT molecular complexity index is 265. The first kappa shape index (κ1) is 7.94. The number of carbonyl (C=O) groups is 1. The van der Waals surface area contributed by atoms with Crippen molar-refractivity contribution >= 4 is 5.78 Å². The molecule has 1 atom stereocenters. The average Bonchev–Trinajstić information content (AvgIpc) is 2.34. The van der Waals surface area contributed by atoms with Crippen molar-refractivity contribution in [2.75, 3.05) is 0 Å². The van der Waals surface area contributed by atoms with Crippen LogP contribution in [0.3, 0.4) is 0 Å². The number of Topliss-reactive ketones (excluding diaryl/α,β-unsaturated/α-hetero) is 1. The van der Waals surface area contributed by atoms with Gasteiger partial charge in [0.25, 0.3) is 0 Å². The molecule has 0 radical (unpaired) electrons. The highest BCUT2D eigenvalue weighted by molar-refractivity contribution is 5.98. The molecule has 60 valence electrons. The Kier molecular flexibility index (Phi) is 2.05. The number of ketones is 1. The third-order valence-electron chi connectivity index (χ3n) is 1.37. The third-order valence-corrected chi connectivity index (χ3v) is 1.37. The van der Waals surface area contributed by atoms with Crippen molar-refractivity contribution in [1.29, 1.82) is 0 Å². The summed E-state index contributed by atoms with van der Waals surface area (Å²) in [5, 5.41) is 12.7. The van der Waals surface area contributed by atoms with E-state index < -0.39 is 6.10 Å². The smallest absolute Gasteiger partial charge is 0.194 e. The van der Waals surface area contributed by atoms with Crippen molar-refractivity contribution < 1.29 is 9.90 Å². The fourth-order valence-corrected chi connectivity index (χ4v) is 0.790. The zero-order valence-electron chi connectivity index (χ0n) is 6.48. The van der Waals surface area contributed by atoms with Gasteiger partial charge in [-0.3, -0.25) is 9.48 Å². The maximum atomic E-state index is 11.1. The van der Waals surface area contributed by atoms with Crippen molar-refractivity contribution in [3.8, 4) is 0 Å². The van der Waals surface area contributed by atoms with Crippen LogP contribution in [0.2, 0.25) is 0 Å². The molecule has 4 nitrogen and oxygen atoms in total. The summed E-state index contributed by atoms with van der Waals surface area (Å²) >= 11 is 0. The lowest BCUT2D eigenvalue weighted by Crippen LogP contribution is -2.15. The summed E-state index contributed by atoms with van der Waals surface area (Å²) in [6.07, 6.45) is 2.07. The molecular weight excluding hydrogens is 144 g/mol. The van der Waals surface area contributed by atoms with Crippen molar-refractivity contribution in [2.45, 2.75) is 13.0 Å². The van der Waals surface area contributed by atoms with Gasteiger partial charge in [-0.05, 0) is 6.92 Å². The number of hydrogen-bond donors (Lipinski definition) is 1. The topological polar surface area (TPSA) is 55.1 Å². The van der Waals surface area contributed by atoms with Crippen LogP contribution in [0.15, 0.2) is 12.4 Å². The molecule has 1 N–H and O–H groups in total. The number of rotatable bonds is 2. The summed E-state index contributed by atoms with van der Waals surface area (Å²) in [5.74, 6) is -0.293. The number of aliphatic hydroxyl groups excluding tert-OH is 1. The van der Waals surface area contributed by atoms with Crippen LogP contribution in [0.25, 0.3) is 0 Å². The largest absolute Gasteiger partial charge is 0.385 e. The van der Waals surface area contributed by atoms with Gasteiger partial charge in [0.15, 0.2) is 5.78 Å². The van der Waals surface area contributed by atoms with Gasteiger partial charge in [0, 0.05) is 13.2 Å². The first-order chi connectivity index (χ1) is 5.11. The first-order valence-electron chi connectivity index (χ1n) is 3.32. The number of hydrogen-bond acceptors (Lipinski definition) is 3. The fourth-order valence-electron chi connectivity index (χ4n) is 0.790. The van der Waals surface area contributed by atoms with Crippen LogP contribution in [0.1, 0.15) is 17.3 Å². The number of carbonyl (C=O) groups excluding carboxylic acids is 1. The molecule has 0 aliphatic rings. The first-order valence-corrected chi connectivity index (χ1v) is 3.32. The van der Waals surface area contributed by atoms with E-state index in [9.17, 15) is 4.79 Å². The van der Waals surface area contributed by atoms with Gasteiger partial charge in [0.2, 0.25) is 0 Å². The molecule has 0 aromatic carbocycles. The highest BCUT2D eigenvalue weighted by atomic mass is 16.3. The van der Waals surface area contributed by atoms with E-state index in [1.807, 2.05) is 0 Å². The Labute approximate surface area is 64.5 Å². The molecule has 1 rings (SSSR count). The lowest BCUT2D eigenvalue weighted by atomic mass is 10.1. The molecule has 0 bridgehead atoms. The molecule has 4 heteroatoms. The second-order valence-corrected chi connectivity index (χ2v) is 2.44. The van der Waals surface area contributed by atoms with Gasteiger partial charge >= 0.3 is 0 Å². The molecule has 1 heterocycles. The molecule has 11 heavy (non-hydrogen) atoms. The van der Waals surface area contributed by atoms with Gasteiger partial charge in [-0.2, -0.15) is 5.10 Å². The Morgan fingerprint density at radius 1 is 1.82 bits per heavy atom. The number of aliphatic hydroxyl groups is 1. The summed E-state index contributed by atoms with van der Waals surface area (Å²) in [4.78, 5) is 11.1. The number of aryl methyl sites for hydroxylation is 1. The molecule has 0 aliphatic carbocycles. The van der Waals surface area contributed by atoms with E-state index in [0.29, 0.717) is 5.56 Å². The summed E-state index contributed by atoms with van der Waals surface area (Å²) in [5.41, 5.74) is 0.447. The molecule has 0 amide bonds. The van der Waals surface area contributed by atoms with Crippen LogP contribution in [-0.4, -0.2) is 26.8 Å². The van der Waals surface area contributed by atoms with Crippen LogP contribution >= 0.6 is 0 Å². The van der Waals surface area contributed by atoms with Gasteiger partial charge in [0.1, 0.15) is 6.10 Å². The second kappa shape index (κ2) is 2.84. The lowest BCUT2D eigenvalue weighted by Gasteiger charge is -1.97. The van der Waals surface area contributed by atoms with Crippen molar-refractivity contribution in [3.05, 3.63) is 18.0 Å². The third kappa shape index (κ3) is 1.65. The van der Waals surface area contributed by atoms with Crippen LogP contribution < -0.4 is 0 Å². The van der Waals surface area contributed by atoms with E-state index in [1.165, 1.54) is 17.8 Å². The van der Waals surface area contributed by atoms with Crippen LogP contribution in [0.5, 0.6) is 0 Å². The van der Waals surface area contributed by atoms with Crippen LogP contribution in [0, 0.1) is 0 Å². The second-order valence-electron chi connectivity index (χ2n) is 2.44. The van der Waals surface area contributed by atoms with E-state index in [1.54, 1.807) is 13.2 Å². The zero-order chi connectivity index (χ0) is 8.43. The van der Waals surface area contributed by atoms with Gasteiger partial charge in [-0.25, -0.2) is 0 Å². The average molecular weight is 154 g/mol. The SMILES string of the molecule is CC(O)C(=O)c1cnn(C)c1. The Balaban J connectivity index is 2.85. The number of nitrogens with zero attached hydrogens (tertiary/aromatic N) is 2. The molecule has 0 saturated carbocycles. The molecule has 0 fully saturated rings. The van der Waals surface area contributed by atoms with E-state index in [0.717, 1.165) is 0 Å². The molecule has 0 spiro atoms. The van der Waals surface area contributed by atoms with Gasteiger partial charge in [0.05, 0.1) is 11.8 Å². The zero-order valence-corrected chi connectivity index (χ0v) is 6.48. The highest BCUT2D eigenvalue weighted by Crippen LogP contribution is 2.00. The minimum absolute atomic E-state index is 0.293. The minimum Gasteiger partial charge on any atom is -0.385 e. The standard InChI is InChI=1S/C7H10N2O2/c1-5(10)7(11)6-3-8-9(2)4-6/h3-5,10H,1-2H3. The predicted octanol–water partition coefficient (Wildman–Crippen LogP) is -0.0164. The Hall–Kier alpha value is -1.16. The van der Waals surface area contributed by atoms with Gasteiger partial charge in [-0.15, -0.1) is 0 Å². The van der Waals surface area contributed by atoms with Crippen LogP contribution in [0.4, 0.5) is 0 Å². The Morgan fingerprint density at radius 3 is 2.82 bits per heavy atom. The maximum absolute atomic E-state index is 11.1. The van der Waals surface area contributed by atoms with Crippen molar-refractivity contribution in [2.24, 2.45) is 7.05 Å². The summed E-state index contributed by atoms with van der Waals surface area (Å²) in [7, 11) is 1.72. The van der Waals surface area contributed by atoms with E-state index in [-0.39, 0.29) is 5.78 Å². The van der Waals surface area contributed by atoms with Gasteiger partial charge in [-0.1, -0.05) is 0 Å². The summed E-state index contributed by atoms with van der Waals surface area (Å²) in [6.45, 7) is 1.44. The van der Waals surface area contributed by atoms with Crippen molar-refractivity contribution in [1.82, 2.24) is 9.78 Å². The van der Waals surface area contributed by atoms with Crippen LogP contribution in [-0.2, 0) is 7.05 Å². The quantitative estimate of drug-likeness (QED) is 0.609. The molecule has 1 unspecified atom stereocenters. The van der Waals surface area contributed by atoms with E-state index in [2.05, 4.69) is 5.10 Å². The summed E-state index contributed by atoms with van der Waals surface area (Å²) < 4.78 is 1.52. The monoisotopic (exact) mass is 154 g/mol. The fraction of sp³-hybridized carbons (Fsp3) is 0.429. The Morgan fingerprint density at radius 2 is 2.45 bits per heavy atom. The molecular formula is C7H10N2O2. The van der Waals surface area contributed by atoms with E-state index in [4.69, 9.17) is 5.11 Å². The normalized spacial score (nSPS) is 13.0. The summed E-state index contributed by atoms with van der Waals surface area (Å²) in [6, 6.07) is 0. The maximum Gasteiger partial charge on any atom is 0.194 e. The van der Waals surface area contributed by atoms with Crippen molar-refractivity contribution in [3.63, 3.8) is 0 Å². The molecule has 1 aromatic heterocycles. The van der Waals surface area contributed by atoms with Gasteiger partial charge < -0.3 is 5.11 Å². The number of aromatic nitrogens is 2. The highest BCUT2D eigenvalue weighted by Gasteiger charge is 2.12. The van der Waals surface area contributed by atoms with E-state index >= 15 is 0 Å². The lowest BCUT2D eigenvalue weighted by molar-refractivity contribution is 0.0779. The molecule has 0 saturated heterocycles. The predicted molar refractivity (Wildman–Crippen MR) is 39.2 cm³/mol.